The average Bonchev–Trinajstić information content (AvgIpc) is 2.75. The number of fused-ring (bicyclic) bond motifs is 1. The Bertz CT molecular complexity index is 1330. The monoisotopic (exact) mass is 454 g/mol. The van der Waals surface area contributed by atoms with Crippen LogP contribution in [0, 0.1) is 0 Å². The van der Waals surface area contributed by atoms with Crippen LogP contribution in [0.4, 0.5) is 17.3 Å². The van der Waals surface area contributed by atoms with Gasteiger partial charge in [-0.1, -0.05) is 29.8 Å². The molecule has 4 aromatic rings. The summed E-state index contributed by atoms with van der Waals surface area (Å²) in [6, 6.07) is 20.5. The van der Waals surface area contributed by atoms with E-state index >= 15 is 0 Å². The molecule has 4 rings (SSSR count). The van der Waals surface area contributed by atoms with Crippen LogP contribution in [0.5, 0.6) is 5.75 Å². The first-order valence-corrected chi connectivity index (χ1v) is 11.4. The van der Waals surface area contributed by atoms with E-state index in [0.29, 0.717) is 28.4 Å². The molecule has 0 saturated carbocycles. The van der Waals surface area contributed by atoms with Gasteiger partial charge in [-0.15, -0.1) is 0 Å². The van der Waals surface area contributed by atoms with Gasteiger partial charge in [0.15, 0.2) is 11.6 Å². The molecular weight excluding hydrogens is 436 g/mol. The minimum absolute atomic E-state index is 0.0296. The lowest BCUT2D eigenvalue weighted by molar-refractivity contribution is 0.340. The molecule has 1 heterocycles. The van der Waals surface area contributed by atoms with Gasteiger partial charge >= 0.3 is 0 Å². The summed E-state index contributed by atoms with van der Waals surface area (Å²) >= 11 is 5.96. The zero-order chi connectivity index (χ0) is 21.8. The molecule has 0 spiro atoms. The fraction of sp³-hybridized carbons (Fsp3) is 0.0909. The number of nitrogens with zero attached hydrogens (tertiary/aromatic N) is 2. The minimum atomic E-state index is -3.93. The molecule has 158 valence electrons. The van der Waals surface area contributed by atoms with Crippen LogP contribution in [0.2, 0.25) is 5.02 Å². The molecule has 0 aliphatic rings. The lowest BCUT2D eigenvalue weighted by Crippen LogP contribution is -2.16. The maximum absolute atomic E-state index is 12.9. The number of hydrogen-bond donors (Lipinski definition) is 2. The smallest absolute Gasteiger partial charge is 0.263 e. The number of aromatic nitrogens is 2. The number of halogens is 1. The van der Waals surface area contributed by atoms with E-state index in [-0.39, 0.29) is 16.5 Å². The molecule has 0 amide bonds. The van der Waals surface area contributed by atoms with E-state index in [0.717, 1.165) is 5.75 Å². The molecule has 2 N–H and O–H groups in total. The second-order valence-corrected chi connectivity index (χ2v) is 8.67. The Kier molecular flexibility index (Phi) is 5.92. The predicted molar refractivity (Wildman–Crippen MR) is 123 cm³/mol. The number of rotatable bonds is 7. The number of sulfonamides is 1. The number of anilines is 3. The summed E-state index contributed by atoms with van der Waals surface area (Å²) in [5.74, 6) is 1.08. The highest BCUT2D eigenvalue weighted by atomic mass is 35.5. The van der Waals surface area contributed by atoms with E-state index in [1.165, 1.54) is 12.1 Å². The second kappa shape index (κ2) is 8.79. The molecule has 7 nitrogen and oxygen atoms in total. The minimum Gasteiger partial charge on any atom is -0.494 e. The molecule has 0 radical (unpaired) electrons. The van der Waals surface area contributed by atoms with Crippen molar-refractivity contribution in [3.63, 3.8) is 0 Å². The second-order valence-electron chi connectivity index (χ2n) is 6.55. The third kappa shape index (κ3) is 4.87. The first kappa shape index (κ1) is 20.9. The van der Waals surface area contributed by atoms with E-state index in [2.05, 4.69) is 20.0 Å². The Morgan fingerprint density at radius 2 is 1.58 bits per heavy atom. The molecule has 0 atom stereocenters. The van der Waals surface area contributed by atoms with Gasteiger partial charge in [0.25, 0.3) is 10.0 Å². The van der Waals surface area contributed by atoms with Gasteiger partial charge in [0.05, 0.1) is 22.5 Å². The first-order chi connectivity index (χ1) is 14.9. The van der Waals surface area contributed by atoms with Crippen molar-refractivity contribution < 1.29 is 13.2 Å². The Balaban J connectivity index is 1.73. The van der Waals surface area contributed by atoms with Crippen LogP contribution in [0.1, 0.15) is 6.92 Å². The van der Waals surface area contributed by atoms with Crippen molar-refractivity contribution in [2.75, 3.05) is 16.6 Å². The van der Waals surface area contributed by atoms with E-state index in [4.69, 9.17) is 16.3 Å². The van der Waals surface area contributed by atoms with Gasteiger partial charge in [-0.3, -0.25) is 4.72 Å². The van der Waals surface area contributed by atoms with Crippen LogP contribution in [-0.4, -0.2) is 25.0 Å². The average molecular weight is 455 g/mol. The van der Waals surface area contributed by atoms with Gasteiger partial charge in [0.2, 0.25) is 0 Å². The third-order valence-corrected chi connectivity index (χ3v) is 5.91. The van der Waals surface area contributed by atoms with Gasteiger partial charge in [-0.05, 0) is 61.5 Å². The van der Waals surface area contributed by atoms with E-state index in [9.17, 15) is 8.42 Å². The molecule has 0 fully saturated rings. The zero-order valence-electron chi connectivity index (χ0n) is 16.5. The van der Waals surface area contributed by atoms with Gasteiger partial charge < -0.3 is 10.1 Å². The molecule has 0 aliphatic carbocycles. The van der Waals surface area contributed by atoms with Crippen molar-refractivity contribution in [2.24, 2.45) is 0 Å². The van der Waals surface area contributed by atoms with Crippen LogP contribution in [-0.2, 0) is 10.0 Å². The first-order valence-electron chi connectivity index (χ1n) is 9.49. The molecule has 3 aromatic carbocycles. The molecule has 9 heteroatoms. The topological polar surface area (TPSA) is 93.2 Å². The van der Waals surface area contributed by atoms with Crippen LogP contribution >= 0.6 is 11.6 Å². The van der Waals surface area contributed by atoms with Crippen LogP contribution < -0.4 is 14.8 Å². The normalized spacial score (nSPS) is 11.3. The van der Waals surface area contributed by atoms with E-state index < -0.39 is 10.0 Å². The van der Waals surface area contributed by atoms with Crippen LogP contribution in [0.25, 0.3) is 11.0 Å². The lowest BCUT2D eigenvalue weighted by atomic mass is 10.3. The number of nitrogens with one attached hydrogen (secondary N) is 2. The summed E-state index contributed by atoms with van der Waals surface area (Å²) in [4.78, 5) is 9.07. The Labute approximate surface area is 185 Å². The lowest BCUT2D eigenvalue weighted by Gasteiger charge is -2.14. The summed E-state index contributed by atoms with van der Waals surface area (Å²) in [7, 11) is -3.93. The molecule has 1 aromatic heterocycles. The number of para-hydroxylation sites is 2. The summed E-state index contributed by atoms with van der Waals surface area (Å²) < 4.78 is 33.8. The summed E-state index contributed by atoms with van der Waals surface area (Å²) in [6.45, 7) is 2.48. The quantitative estimate of drug-likeness (QED) is 0.397. The zero-order valence-corrected chi connectivity index (χ0v) is 18.1. The highest BCUT2D eigenvalue weighted by Gasteiger charge is 2.19. The number of hydrogen-bond acceptors (Lipinski definition) is 6. The van der Waals surface area contributed by atoms with Crippen LogP contribution in [0.3, 0.4) is 0 Å². The van der Waals surface area contributed by atoms with Gasteiger partial charge in [-0.2, -0.15) is 0 Å². The standard InChI is InChI=1S/C22H19ClN4O3S/c1-2-30-17-12-10-16(11-13-17)24-21-22(26-20-9-4-3-8-19(20)25-21)27-31(28,29)18-7-5-6-15(23)14-18/h3-14H,2H2,1H3,(H,24,25)(H,26,27). The highest BCUT2D eigenvalue weighted by Crippen LogP contribution is 2.28. The molecule has 0 aliphatic heterocycles. The van der Waals surface area contributed by atoms with Gasteiger partial charge in [0.1, 0.15) is 5.75 Å². The van der Waals surface area contributed by atoms with Crippen molar-refractivity contribution in [1.82, 2.24) is 9.97 Å². The largest absolute Gasteiger partial charge is 0.494 e. The van der Waals surface area contributed by atoms with Crippen molar-refractivity contribution >= 4 is 50.0 Å². The van der Waals surface area contributed by atoms with Gasteiger partial charge in [-0.25, -0.2) is 18.4 Å². The maximum Gasteiger partial charge on any atom is 0.263 e. The predicted octanol–water partition coefficient (Wildman–Crippen LogP) is 5.23. The molecular formula is C22H19ClN4O3S. The molecule has 31 heavy (non-hydrogen) atoms. The van der Waals surface area contributed by atoms with Crippen molar-refractivity contribution in [1.29, 1.82) is 0 Å². The SMILES string of the molecule is CCOc1ccc(Nc2nc3ccccc3nc2NS(=O)(=O)c2cccc(Cl)c2)cc1. The molecule has 0 unspecified atom stereocenters. The van der Waals surface area contributed by atoms with E-state index in [1.807, 2.05) is 43.3 Å². The van der Waals surface area contributed by atoms with Crippen molar-refractivity contribution in [3.8, 4) is 5.75 Å². The Hall–Kier alpha value is -3.36. The third-order valence-electron chi connectivity index (χ3n) is 4.34. The maximum atomic E-state index is 12.9. The van der Waals surface area contributed by atoms with E-state index in [1.54, 1.807) is 24.3 Å². The Morgan fingerprint density at radius 1 is 0.903 bits per heavy atom. The fourth-order valence-corrected chi connectivity index (χ4v) is 4.23. The van der Waals surface area contributed by atoms with Crippen molar-refractivity contribution in [2.45, 2.75) is 11.8 Å². The summed E-state index contributed by atoms with van der Waals surface area (Å²) in [5, 5.41) is 3.46. The summed E-state index contributed by atoms with van der Waals surface area (Å²) in [6.07, 6.45) is 0. The van der Waals surface area contributed by atoms with Crippen molar-refractivity contribution in [3.05, 3.63) is 77.8 Å². The highest BCUT2D eigenvalue weighted by molar-refractivity contribution is 7.92. The Morgan fingerprint density at radius 3 is 2.23 bits per heavy atom. The van der Waals surface area contributed by atoms with Gasteiger partial charge in [0, 0.05) is 10.7 Å². The summed E-state index contributed by atoms with van der Waals surface area (Å²) in [5.41, 5.74) is 1.89. The number of benzene rings is 3. The molecule has 0 saturated heterocycles. The van der Waals surface area contributed by atoms with Crippen LogP contribution in [0.15, 0.2) is 77.7 Å². The number of ether oxygens (including phenoxy) is 1. The molecule has 0 bridgehead atoms. The fourth-order valence-electron chi connectivity index (χ4n) is 2.92.